The van der Waals surface area contributed by atoms with Crippen LogP contribution in [0.2, 0.25) is 0 Å². The number of hydrogen-bond acceptors (Lipinski definition) is 3. The molecule has 0 radical (unpaired) electrons. The minimum absolute atomic E-state index is 0.0935. The number of hydrogen-bond donors (Lipinski definition) is 2. The Morgan fingerprint density at radius 3 is 2.63 bits per heavy atom. The van der Waals surface area contributed by atoms with Crippen LogP contribution in [0, 0.1) is 0 Å². The average molecular weight is 363 g/mol. The fourth-order valence-corrected chi connectivity index (χ4v) is 2.84. The van der Waals surface area contributed by atoms with Gasteiger partial charge in [-0.15, -0.1) is 0 Å². The van der Waals surface area contributed by atoms with Crippen LogP contribution in [-0.2, 0) is 14.4 Å². The van der Waals surface area contributed by atoms with Crippen molar-refractivity contribution in [2.45, 2.75) is 12.8 Å². The quantitative estimate of drug-likeness (QED) is 0.775. The van der Waals surface area contributed by atoms with Crippen molar-refractivity contribution in [3.63, 3.8) is 0 Å². The highest BCUT2D eigenvalue weighted by Crippen LogP contribution is 2.24. The van der Waals surface area contributed by atoms with Gasteiger partial charge in [-0.2, -0.15) is 0 Å². The second kappa shape index (κ2) is 8.80. The van der Waals surface area contributed by atoms with E-state index in [9.17, 15) is 14.4 Å². The summed E-state index contributed by atoms with van der Waals surface area (Å²) in [6.07, 6.45) is 4.48. The van der Waals surface area contributed by atoms with Crippen molar-refractivity contribution in [3.05, 3.63) is 66.2 Å². The molecule has 0 unspecified atom stereocenters. The van der Waals surface area contributed by atoms with Gasteiger partial charge >= 0.3 is 0 Å². The molecule has 2 N–H and O–H groups in total. The van der Waals surface area contributed by atoms with E-state index in [0.29, 0.717) is 18.7 Å². The molecule has 138 valence electrons. The first-order valence-electron chi connectivity index (χ1n) is 8.83. The lowest BCUT2D eigenvalue weighted by Gasteiger charge is -2.16. The minimum Gasteiger partial charge on any atom is -0.343 e. The molecule has 27 heavy (non-hydrogen) atoms. The Balaban J connectivity index is 1.50. The second-order valence-corrected chi connectivity index (χ2v) is 6.21. The molecule has 2 aromatic carbocycles. The monoisotopic (exact) mass is 363 g/mol. The fourth-order valence-electron chi connectivity index (χ4n) is 2.84. The molecule has 1 aliphatic rings. The lowest BCUT2D eigenvalue weighted by atomic mass is 10.2. The molecular formula is C21H21N3O3. The lowest BCUT2D eigenvalue weighted by Crippen LogP contribution is -2.31. The van der Waals surface area contributed by atoms with E-state index in [-0.39, 0.29) is 24.3 Å². The summed E-state index contributed by atoms with van der Waals surface area (Å²) < 4.78 is 0. The predicted octanol–water partition coefficient (Wildman–Crippen LogP) is 2.58. The highest BCUT2D eigenvalue weighted by Gasteiger charge is 2.21. The first-order valence-corrected chi connectivity index (χ1v) is 8.83. The zero-order chi connectivity index (χ0) is 19.1. The van der Waals surface area contributed by atoms with Gasteiger partial charge in [0.25, 0.3) is 0 Å². The van der Waals surface area contributed by atoms with Crippen LogP contribution in [0.3, 0.4) is 0 Å². The van der Waals surface area contributed by atoms with Crippen LogP contribution in [-0.4, -0.2) is 30.8 Å². The molecule has 0 bridgehead atoms. The number of rotatable bonds is 6. The normalized spacial score (nSPS) is 13.8. The first kappa shape index (κ1) is 18.4. The average Bonchev–Trinajstić information content (AvgIpc) is 3.12. The van der Waals surface area contributed by atoms with Crippen LogP contribution in [0.15, 0.2) is 60.7 Å². The largest absolute Gasteiger partial charge is 0.343 e. The van der Waals surface area contributed by atoms with E-state index in [0.717, 1.165) is 17.7 Å². The van der Waals surface area contributed by atoms with Crippen molar-refractivity contribution in [1.29, 1.82) is 0 Å². The number of benzene rings is 2. The molecule has 0 spiro atoms. The summed E-state index contributed by atoms with van der Waals surface area (Å²) in [5.41, 5.74) is 2.27. The number of amides is 3. The van der Waals surface area contributed by atoms with Gasteiger partial charge in [0, 0.05) is 30.4 Å². The van der Waals surface area contributed by atoms with Gasteiger partial charge in [-0.05, 0) is 36.3 Å². The van der Waals surface area contributed by atoms with Gasteiger partial charge in [0.1, 0.15) is 0 Å². The molecule has 1 saturated heterocycles. The number of anilines is 2. The van der Waals surface area contributed by atoms with Gasteiger partial charge in [-0.25, -0.2) is 0 Å². The summed E-state index contributed by atoms with van der Waals surface area (Å²) in [7, 11) is 0. The second-order valence-electron chi connectivity index (χ2n) is 6.21. The van der Waals surface area contributed by atoms with Crippen molar-refractivity contribution >= 4 is 35.2 Å². The Hall–Kier alpha value is -3.41. The van der Waals surface area contributed by atoms with Gasteiger partial charge in [0.05, 0.1) is 6.54 Å². The van der Waals surface area contributed by atoms with Crippen molar-refractivity contribution in [1.82, 2.24) is 5.32 Å². The Morgan fingerprint density at radius 2 is 1.89 bits per heavy atom. The van der Waals surface area contributed by atoms with Crippen molar-refractivity contribution in [2.75, 3.05) is 23.3 Å². The van der Waals surface area contributed by atoms with Crippen LogP contribution in [0.25, 0.3) is 6.08 Å². The molecule has 1 aliphatic heterocycles. The third-order valence-electron chi connectivity index (χ3n) is 4.16. The topological polar surface area (TPSA) is 78.5 Å². The van der Waals surface area contributed by atoms with Crippen molar-refractivity contribution < 1.29 is 14.4 Å². The maximum Gasteiger partial charge on any atom is 0.244 e. The third kappa shape index (κ3) is 5.28. The van der Waals surface area contributed by atoms with E-state index in [2.05, 4.69) is 10.6 Å². The van der Waals surface area contributed by atoms with E-state index < -0.39 is 0 Å². The zero-order valence-electron chi connectivity index (χ0n) is 14.9. The standard InChI is InChI=1S/C21H21N3O3/c25-19(12-11-16-6-2-1-3-7-16)22-15-20(26)23-17-8-4-9-18(14-17)24-13-5-10-21(24)27/h1-4,6-9,11-12,14H,5,10,13,15H2,(H,22,25)(H,23,26)/b12-11+. The highest BCUT2D eigenvalue weighted by atomic mass is 16.2. The third-order valence-corrected chi connectivity index (χ3v) is 4.16. The zero-order valence-corrected chi connectivity index (χ0v) is 14.9. The van der Waals surface area contributed by atoms with Gasteiger partial charge in [-0.3, -0.25) is 14.4 Å². The summed E-state index contributed by atoms with van der Waals surface area (Å²) in [6.45, 7) is 0.560. The van der Waals surface area contributed by atoms with E-state index >= 15 is 0 Å². The van der Waals surface area contributed by atoms with Gasteiger partial charge < -0.3 is 15.5 Å². The summed E-state index contributed by atoms with van der Waals surface area (Å²) in [4.78, 5) is 37.4. The smallest absolute Gasteiger partial charge is 0.244 e. The van der Waals surface area contributed by atoms with E-state index in [1.807, 2.05) is 36.4 Å². The van der Waals surface area contributed by atoms with Gasteiger partial charge in [0.15, 0.2) is 0 Å². The maximum atomic E-state index is 12.1. The van der Waals surface area contributed by atoms with Crippen LogP contribution >= 0.6 is 0 Å². The SMILES string of the molecule is O=C(/C=C/c1ccccc1)NCC(=O)Nc1cccc(N2CCCC2=O)c1. The predicted molar refractivity (Wildman–Crippen MR) is 105 cm³/mol. The fraction of sp³-hybridized carbons (Fsp3) is 0.190. The van der Waals surface area contributed by atoms with Crippen LogP contribution in [0.5, 0.6) is 0 Å². The Labute approximate surface area is 157 Å². The Bertz CT molecular complexity index is 862. The van der Waals surface area contributed by atoms with Gasteiger partial charge in [0.2, 0.25) is 17.7 Å². The molecule has 3 amide bonds. The molecule has 0 atom stereocenters. The summed E-state index contributed by atoms with van der Waals surface area (Å²) >= 11 is 0. The van der Waals surface area contributed by atoms with E-state index in [1.54, 1.807) is 29.2 Å². The Kier molecular flexibility index (Phi) is 5.99. The summed E-state index contributed by atoms with van der Waals surface area (Å²) in [5.74, 6) is -0.581. The molecule has 0 saturated carbocycles. The number of carbonyl (C=O) groups excluding carboxylic acids is 3. The number of carbonyl (C=O) groups is 3. The molecule has 3 rings (SSSR count). The Morgan fingerprint density at radius 1 is 1.07 bits per heavy atom. The molecule has 6 heteroatoms. The first-order chi connectivity index (χ1) is 13.1. The molecular weight excluding hydrogens is 342 g/mol. The molecule has 1 fully saturated rings. The molecule has 6 nitrogen and oxygen atoms in total. The van der Waals surface area contributed by atoms with Gasteiger partial charge in [-0.1, -0.05) is 36.4 Å². The molecule has 1 heterocycles. The summed E-state index contributed by atoms with van der Waals surface area (Å²) in [5, 5.41) is 5.28. The number of nitrogens with one attached hydrogen (secondary N) is 2. The maximum absolute atomic E-state index is 12.1. The molecule has 0 aliphatic carbocycles. The van der Waals surface area contributed by atoms with Crippen molar-refractivity contribution in [3.8, 4) is 0 Å². The van der Waals surface area contributed by atoms with Crippen LogP contribution < -0.4 is 15.5 Å². The van der Waals surface area contributed by atoms with E-state index in [1.165, 1.54) is 6.08 Å². The highest BCUT2D eigenvalue weighted by molar-refractivity contribution is 5.99. The van der Waals surface area contributed by atoms with Crippen LogP contribution in [0.4, 0.5) is 11.4 Å². The molecule has 0 aromatic heterocycles. The molecule has 2 aromatic rings. The minimum atomic E-state index is -0.342. The summed E-state index contributed by atoms with van der Waals surface area (Å²) in [6, 6.07) is 16.6. The van der Waals surface area contributed by atoms with Crippen LogP contribution in [0.1, 0.15) is 18.4 Å². The van der Waals surface area contributed by atoms with E-state index in [4.69, 9.17) is 0 Å². The van der Waals surface area contributed by atoms with Crippen molar-refractivity contribution in [2.24, 2.45) is 0 Å². The lowest BCUT2D eigenvalue weighted by molar-refractivity contribution is -0.121. The number of nitrogens with zero attached hydrogens (tertiary/aromatic N) is 1.